The zero-order chi connectivity index (χ0) is 24.4. The van der Waals surface area contributed by atoms with Gasteiger partial charge in [-0.15, -0.1) is 21.8 Å². The van der Waals surface area contributed by atoms with Gasteiger partial charge in [0.2, 0.25) is 0 Å². The normalized spacial score (nSPS) is 24.7. The molecule has 0 spiro atoms. The molecule has 2 heterocycles. The van der Waals surface area contributed by atoms with Crippen molar-refractivity contribution in [1.29, 1.82) is 0 Å². The molecule has 2 aliphatic carbocycles. The number of aromatic nitrogens is 3. The third-order valence-corrected chi connectivity index (χ3v) is 8.86. The fraction of sp³-hybridized carbons (Fsp3) is 0.444. The van der Waals surface area contributed by atoms with Gasteiger partial charge in [-0.3, -0.25) is 4.79 Å². The van der Waals surface area contributed by atoms with Gasteiger partial charge in [-0.25, -0.2) is 0 Å². The Hall–Kier alpha value is -2.41. The van der Waals surface area contributed by atoms with Gasteiger partial charge in [-0.1, -0.05) is 23.7 Å². The van der Waals surface area contributed by atoms with E-state index in [1.165, 1.54) is 19.3 Å². The largest absolute Gasteiger partial charge is 0.320 e. The number of anilines is 1. The quantitative estimate of drug-likeness (QED) is 0.455. The number of aryl methyl sites for hydroxylation is 1. The monoisotopic (exact) mass is 509 g/mol. The number of carbonyl (C=O) groups excluding carboxylic acids is 1. The Kier molecular flexibility index (Phi) is 5.47. The molecule has 0 atom stereocenters. The van der Waals surface area contributed by atoms with Crippen LogP contribution in [0.1, 0.15) is 71.9 Å². The lowest BCUT2D eigenvalue weighted by Crippen LogP contribution is -2.47. The van der Waals surface area contributed by atoms with Crippen molar-refractivity contribution in [3.63, 3.8) is 0 Å². The van der Waals surface area contributed by atoms with Gasteiger partial charge in [0.15, 0.2) is 0 Å². The van der Waals surface area contributed by atoms with Crippen LogP contribution in [0.25, 0.3) is 0 Å². The summed E-state index contributed by atoms with van der Waals surface area (Å²) in [5.74, 6) is 0.898. The topological polar surface area (TPSA) is 63.1 Å². The van der Waals surface area contributed by atoms with Crippen molar-refractivity contribution < 1.29 is 4.79 Å². The molecular formula is C27H29Cl2N5O. The van der Waals surface area contributed by atoms with Gasteiger partial charge in [0.25, 0.3) is 5.91 Å². The summed E-state index contributed by atoms with van der Waals surface area (Å²) in [5.41, 5.74) is 4.52. The maximum atomic E-state index is 13.5. The molecule has 0 saturated heterocycles. The van der Waals surface area contributed by atoms with Gasteiger partial charge in [0.1, 0.15) is 12.2 Å². The van der Waals surface area contributed by atoms with Crippen molar-refractivity contribution in [2.75, 3.05) is 4.90 Å². The Balaban J connectivity index is 1.29. The SMILES string of the molecule is Cn1cnnc1[C@]1(c2cccc(N3Cc4c(Cl)cc(CNC5(C)CCC5)cc4C3=O)c2)C[C@@H](Cl)C1. The maximum absolute atomic E-state index is 13.5. The minimum Gasteiger partial charge on any atom is -0.320 e. The first-order chi connectivity index (χ1) is 16.8. The average Bonchev–Trinajstić information content (AvgIpc) is 3.38. The average molecular weight is 510 g/mol. The van der Waals surface area contributed by atoms with E-state index < -0.39 is 0 Å². The molecule has 0 radical (unpaired) electrons. The van der Waals surface area contributed by atoms with E-state index in [2.05, 4.69) is 34.6 Å². The molecule has 6 rings (SSSR count). The molecule has 35 heavy (non-hydrogen) atoms. The molecule has 2 fully saturated rings. The summed E-state index contributed by atoms with van der Waals surface area (Å²) in [5, 5.41) is 12.9. The number of carbonyl (C=O) groups is 1. The highest BCUT2D eigenvalue weighted by atomic mass is 35.5. The van der Waals surface area contributed by atoms with E-state index in [4.69, 9.17) is 23.2 Å². The molecule has 1 aliphatic heterocycles. The third kappa shape index (κ3) is 3.78. The van der Waals surface area contributed by atoms with Crippen LogP contribution in [0.2, 0.25) is 5.02 Å². The van der Waals surface area contributed by atoms with Crippen LogP contribution in [0.4, 0.5) is 5.69 Å². The van der Waals surface area contributed by atoms with E-state index >= 15 is 0 Å². The maximum Gasteiger partial charge on any atom is 0.258 e. The highest BCUT2D eigenvalue weighted by Crippen LogP contribution is 2.51. The highest BCUT2D eigenvalue weighted by molar-refractivity contribution is 6.32. The first-order valence-corrected chi connectivity index (χ1v) is 13.1. The Morgan fingerprint density at radius 2 is 2.00 bits per heavy atom. The zero-order valence-corrected chi connectivity index (χ0v) is 21.5. The molecule has 6 nitrogen and oxygen atoms in total. The van der Waals surface area contributed by atoms with E-state index in [0.29, 0.717) is 23.7 Å². The van der Waals surface area contributed by atoms with E-state index in [1.54, 1.807) is 6.33 Å². The molecule has 2 aromatic carbocycles. The van der Waals surface area contributed by atoms with Gasteiger partial charge >= 0.3 is 0 Å². The Morgan fingerprint density at radius 3 is 2.66 bits per heavy atom. The summed E-state index contributed by atoms with van der Waals surface area (Å²) in [6.45, 7) is 3.44. The summed E-state index contributed by atoms with van der Waals surface area (Å²) in [6.07, 6.45) is 6.96. The molecule has 1 aromatic heterocycles. The predicted octanol–water partition coefficient (Wildman–Crippen LogP) is 5.35. The smallest absolute Gasteiger partial charge is 0.258 e. The van der Waals surface area contributed by atoms with Crippen LogP contribution < -0.4 is 10.2 Å². The van der Waals surface area contributed by atoms with Crippen LogP contribution in [-0.4, -0.2) is 31.6 Å². The first kappa shape index (κ1) is 23.0. The highest BCUT2D eigenvalue weighted by Gasteiger charge is 2.49. The number of nitrogens with zero attached hydrogens (tertiary/aromatic N) is 4. The first-order valence-electron chi connectivity index (χ1n) is 12.3. The number of nitrogens with one attached hydrogen (secondary N) is 1. The number of amides is 1. The lowest BCUT2D eigenvalue weighted by molar-refractivity contribution is 0.0996. The second-order valence-electron chi connectivity index (χ2n) is 10.7. The van der Waals surface area contributed by atoms with Crippen molar-refractivity contribution in [2.24, 2.45) is 7.05 Å². The van der Waals surface area contributed by atoms with Crippen molar-refractivity contribution in [3.8, 4) is 0 Å². The fourth-order valence-corrected chi connectivity index (χ4v) is 6.69. The molecular weight excluding hydrogens is 481 g/mol. The van der Waals surface area contributed by atoms with E-state index in [1.807, 2.05) is 40.8 Å². The minimum atomic E-state index is -0.294. The fourth-order valence-electron chi connectivity index (χ4n) is 5.86. The van der Waals surface area contributed by atoms with Crippen LogP contribution in [0, 0.1) is 0 Å². The summed E-state index contributed by atoms with van der Waals surface area (Å²) < 4.78 is 1.96. The summed E-state index contributed by atoms with van der Waals surface area (Å²) in [7, 11) is 1.96. The number of halogens is 2. The molecule has 3 aromatic rings. The number of hydrogen-bond donors (Lipinski definition) is 1. The second kappa shape index (κ2) is 8.32. The predicted molar refractivity (Wildman–Crippen MR) is 138 cm³/mol. The summed E-state index contributed by atoms with van der Waals surface area (Å²) >= 11 is 13.1. The Bertz CT molecular complexity index is 1310. The molecule has 8 heteroatoms. The molecule has 0 unspecified atom stereocenters. The third-order valence-electron chi connectivity index (χ3n) is 8.21. The van der Waals surface area contributed by atoms with Crippen LogP contribution in [-0.2, 0) is 25.6 Å². The van der Waals surface area contributed by atoms with Gasteiger partial charge < -0.3 is 14.8 Å². The van der Waals surface area contributed by atoms with Crippen LogP contribution in [0.3, 0.4) is 0 Å². The van der Waals surface area contributed by atoms with Gasteiger partial charge in [-0.05, 0) is 74.4 Å². The van der Waals surface area contributed by atoms with Gasteiger partial charge in [0, 0.05) is 46.3 Å². The Morgan fingerprint density at radius 1 is 1.20 bits per heavy atom. The standard InChI is InChI=1S/C27H29Cl2N5O/c1-26(7-4-8-26)30-14-17-9-21-22(23(29)10-17)15-34(24(21)35)20-6-3-5-18(11-20)27(12-19(28)13-27)25-32-31-16-33(25)2/h3,5-6,9-11,16,19,30H,4,7-8,12-15H2,1-2H3/t19-,27-. The van der Waals surface area contributed by atoms with Crippen molar-refractivity contribution in [3.05, 3.63) is 75.8 Å². The second-order valence-corrected chi connectivity index (χ2v) is 11.7. The number of hydrogen-bond acceptors (Lipinski definition) is 4. The van der Waals surface area contributed by atoms with Crippen molar-refractivity contribution >= 4 is 34.8 Å². The number of alkyl halides is 1. The summed E-state index contributed by atoms with van der Waals surface area (Å²) in [4.78, 5) is 15.4. The number of benzene rings is 2. The summed E-state index contributed by atoms with van der Waals surface area (Å²) in [6, 6.07) is 12.2. The molecule has 182 valence electrons. The minimum absolute atomic E-state index is 0.00714. The molecule has 3 aliphatic rings. The van der Waals surface area contributed by atoms with Gasteiger partial charge in [-0.2, -0.15) is 0 Å². The lowest BCUT2D eigenvalue weighted by atomic mass is 9.63. The molecule has 1 N–H and O–H groups in total. The van der Waals surface area contributed by atoms with Crippen molar-refractivity contribution in [2.45, 2.75) is 68.4 Å². The van der Waals surface area contributed by atoms with E-state index in [-0.39, 0.29) is 22.2 Å². The van der Waals surface area contributed by atoms with Crippen LogP contribution in [0.15, 0.2) is 42.7 Å². The Labute approximate surface area is 215 Å². The van der Waals surface area contributed by atoms with Crippen molar-refractivity contribution in [1.82, 2.24) is 20.1 Å². The van der Waals surface area contributed by atoms with Gasteiger partial charge in [0.05, 0.1) is 12.0 Å². The van der Waals surface area contributed by atoms with Crippen LogP contribution in [0.5, 0.6) is 0 Å². The van der Waals surface area contributed by atoms with E-state index in [0.717, 1.165) is 41.0 Å². The zero-order valence-electron chi connectivity index (χ0n) is 20.0. The lowest BCUT2D eigenvalue weighted by Gasteiger charge is -2.44. The van der Waals surface area contributed by atoms with E-state index in [9.17, 15) is 4.79 Å². The molecule has 2 saturated carbocycles. The molecule has 1 amide bonds. The number of rotatable bonds is 6. The number of fused-ring (bicyclic) bond motifs is 1. The van der Waals surface area contributed by atoms with Crippen LogP contribution >= 0.6 is 23.2 Å². The molecule has 0 bridgehead atoms.